The molecule has 6 nitrogen and oxygen atoms in total. The number of nitrogens with zero attached hydrogens (tertiary/aromatic N) is 4. The van der Waals surface area contributed by atoms with Crippen molar-refractivity contribution >= 4 is 11.9 Å². The number of hydrogen-bond donors (Lipinski definition) is 1. The zero-order valence-corrected chi connectivity index (χ0v) is 19.0. The summed E-state index contributed by atoms with van der Waals surface area (Å²) < 4.78 is 0. The molecule has 0 unspecified atom stereocenters. The average molecular weight is 582 g/mol. The van der Waals surface area contributed by atoms with Gasteiger partial charge in [-0.3, -0.25) is 4.98 Å². The van der Waals surface area contributed by atoms with Gasteiger partial charge < -0.3 is 26.8 Å². The van der Waals surface area contributed by atoms with Gasteiger partial charge in [-0.2, -0.15) is 35.9 Å². The Bertz CT molecular complexity index is 844. The summed E-state index contributed by atoms with van der Waals surface area (Å²) >= 11 is 0. The van der Waals surface area contributed by atoms with Gasteiger partial charge in [-0.05, 0) is 44.1 Å². The van der Waals surface area contributed by atoms with Crippen LogP contribution in [0.3, 0.4) is 0 Å². The predicted molar refractivity (Wildman–Crippen MR) is 119 cm³/mol. The van der Waals surface area contributed by atoms with E-state index in [1.54, 1.807) is 11.9 Å². The van der Waals surface area contributed by atoms with Crippen LogP contribution in [0.15, 0.2) is 84.0 Å². The Morgan fingerprint density at radius 1 is 1.10 bits per heavy atom. The SMILES string of the molecule is CN(CCc1ccccc1)C(=[N-])/N=C(\[NH-])N.[Au+3].[c-]1ccccc1Cc1ccccn1. The molecule has 158 valence electrons. The van der Waals surface area contributed by atoms with E-state index in [1.165, 1.54) is 11.1 Å². The molecule has 0 fully saturated rings. The minimum atomic E-state index is -0.399. The summed E-state index contributed by atoms with van der Waals surface area (Å²) in [5, 5.41) is 9.42. The number of benzene rings is 2. The van der Waals surface area contributed by atoms with E-state index in [1.807, 2.05) is 72.9 Å². The van der Waals surface area contributed by atoms with Gasteiger partial charge in [-0.15, -0.1) is 0 Å². The molecule has 0 amide bonds. The Morgan fingerprint density at radius 3 is 2.40 bits per heavy atom. The third-order valence-corrected chi connectivity index (χ3v) is 4.01. The van der Waals surface area contributed by atoms with Gasteiger partial charge in [0, 0.05) is 23.8 Å². The average Bonchev–Trinajstić information content (AvgIpc) is 2.74. The molecular weight excluding hydrogens is 557 g/mol. The van der Waals surface area contributed by atoms with Crippen LogP contribution in [0.5, 0.6) is 0 Å². The molecule has 0 aliphatic heterocycles. The van der Waals surface area contributed by atoms with E-state index < -0.39 is 5.96 Å². The largest absolute Gasteiger partial charge is 3.00 e. The van der Waals surface area contributed by atoms with Gasteiger partial charge in [-0.25, -0.2) is 0 Å². The fourth-order valence-corrected chi connectivity index (χ4v) is 2.47. The molecule has 0 saturated carbocycles. The summed E-state index contributed by atoms with van der Waals surface area (Å²) in [6, 6.07) is 27.1. The minimum absolute atomic E-state index is 0. The van der Waals surface area contributed by atoms with Crippen LogP contribution in [0.2, 0.25) is 0 Å². The first-order chi connectivity index (χ1) is 14.0. The maximum atomic E-state index is 9.42. The molecule has 0 aliphatic carbocycles. The Labute approximate surface area is 194 Å². The van der Waals surface area contributed by atoms with Crippen LogP contribution in [0.1, 0.15) is 16.8 Å². The van der Waals surface area contributed by atoms with Gasteiger partial charge in [0.15, 0.2) is 0 Å². The third kappa shape index (κ3) is 10.0. The number of nitrogens with two attached hydrogens (primary N) is 1. The van der Waals surface area contributed by atoms with E-state index in [2.05, 4.69) is 22.1 Å². The fraction of sp³-hybridized carbons (Fsp3) is 0.174. The number of rotatable bonds is 5. The second kappa shape index (κ2) is 14.1. The number of pyridine rings is 1. The smallest absolute Gasteiger partial charge is 0.454 e. The minimum Gasteiger partial charge on any atom is -0.454 e. The molecule has 2 aromatic carbocycles. The third-order valence-electron chi connectivity index (χ3n) is 4.01. The summed E-state index contributed by atoms with van der Waals surface area (Å²) in [6.07, 6.45) is 3.48. The van der Waals surface area contributed by atoms with Gasteiger partial charge in [0.25, 0.3) is 0 Å². The molecule has 0 spiro atoms. The number of aromatic nitrogens is 1. The number of guanidine groups is 2. The summed E-state index contributed by atoms with van der Waals surface area (Å²) in [6.45, 7) is 0.618. The van der Waals surface area contributed by atoms with Crippen molar-refractivity contribution in [2.45, 2.75) is 12.8 Å². The fourth-order valence-electron chi connectivity index (χ4n) is 2.47. The van der Waals surface area contributed by atoms with E-state index in [0.717, 1.165) is 18.5 Å². The molecule has 3 N–H and O–H groups in total. The second-order valence-electron chi connectivity index (χ2n) is 6.34. The normalized spacial score (nSPS) is 10.2. The van der Waals surface area contributed by atoms with Gasteiger partial charge in [0.05, 0.1) is 0 Å². The summed E-state index contributed by atoms with van der Waals surface area (Å²) in [4.78, 5) is 9.25. The number of aliphatic imine (C=N–C) groups is 1. The predicted octanol–water partition coefficient (Wildman–Crippen LogP) is 3.92. The first kappa shape index (κ1) is 25.1. The first-order valence-electron chi connectivity index (χ1n) is 9.27. The van der Waals surface area contributed by atoms with Crippen LogP contribution in [-0.4, -0.2) is 35.4 Å². The van der Waals surface area contributed by atoms with Crippen LogP contribution in [0.4, 0.5) is 0 Å². The molecule has 3 rings (SSSR count). The van der Waals surface area contributed by atoms with Crippen molar-refractivity contribution in [3.63, 3.8) is 0 Å². The number of likely N-dealkylation sites (N-methyl/N-ethyl adjacent to an activating group) is 1. The van der Waals surface area contributed by atoms with E-state index in [4.69, 9.17) is 11.5 Å². The molecule has 1 aromatic heterocycles. The first-order valence-corrected chi connectivity index (χ1v) is 9.27. The summed E-state index contributed by atoms with van der Waals surface area (Å²) in [5.41, 5.74) is 15.4. The van der Waals surface area contributed by atoms with Crippen molar-refractivity contribution in [1.29, 1.82) is 0 Å². The molecular formula is C23H25AuN6. The van der Waals surface area contributed by atoms with Crippen molar-refractivity contribution in [1.82, 2.24) is 9.88 Å². The molecule has 0 aliphatic rings. The van der Waals surface area contributed by atoms with Gasteiger partial charge in [0.1, 0.15) is 0 Å². The quantitative estimate of drug-likeness (QED) is 0.214. The molecule has 7 heteroatoms. The van der Waals surface area contributed by atoms with E-state index in [0.29, 0.717) is 6.54 Å². The Kier molecular flexibility index (Phi) is 11.8. The van der Waals surface area contributed by atoms with Crippen LogP contribution < -0.4 is 5.73 Å². The van der Waals surface area contributed by atoms with E-state index in [9.17, 15) is 5.41 Å². The van der Waals surface area contributed by atoms with Crippen molar-refractivity contribution in [3.8, 4) is 0 Å². The monoisotopic (exact) mass is 582 g/mol. The molecule has 0 bridgehead atoms. The molecule has 0 atom stereocenters. The molecule has 3 aromatic rings. The molecule has 30 heavy (non-hydrogen) atoms. The van der Waals surface area contributed by atoms with Crippen LogP contribution in [-0.2, 0) is 35.2 Å². The molecule has 0 saturated heterocycles. The zero-order chi connectivity index (χ0) is 20.9. The van der Waals surface area contributed by atoms with Gasteiger partial charge >= 0.3 is 22.4 Å². The van der Waals surface area contributed by atoms with Crippen LogP contribution >= 0.6 is 0 Å². The van der Waals surface area contributed by atoms with Crippen molar-refractivity contribution < 1.29 is 22.4 Å². The van der Waals surface area contributed by atoms with Crippen LogP contribution in [0, 0.1) is 6.07 Å². The number of hydrogen-bond acceptors (Lipinski definition) is 1. The van der Waals surface area contributed by atoms with Crippen LogP contribution in [0.25, 0.3) is 11.1 Å². The number of nitrogens with one attached hydrogen (secondary N) is 1. The molecule has 0 radical (unpaired) electrons. The van der Waals surface area contributed by atoms with Crippen molar-refractivity contribution in [3.05, 3.63) is 113 Å². The summed E-state index contributed by atoms with van der Waals surface area (Å²) in [7, 11) is 1.70. The van der Waals surface area contributed by atoms with Gasteiger partial charge in [-0.1, -0.05) is 36.4 Å². The Balaban J connectivity index is 0.000000295. The van der Waals surface area contributed by atoms with Crippen molar-refractivity contribution in [2.75, 3.05) is 13.6 Å². The topological polar surface area (TPSA) is 101 Å². The second-order valence-corrected chi connectivity index (χ2v) is 6.34. The maximum Gasteiger partial charge on any atom is 3.00 e. The van der Waals surface area contributed by atoms with E-state index in [-0.39, 0.29) is 28.3 Å². The van der Waals surface area contributed by atoms with Crippen molar-refractivity contribution in [2.24, 2.45) is 10.7 Å². The van der Waals surface area contributed by atoms with E-state index >= 15 is 0 Å². The standard InChI is InChI=1S/C12H10N.C11H15N5.Au/c1-2-6-11(7-3-1)10-12-8-4-5-9-13-12;1-16(11(14)15-10(12)13)8-7-9-5-3-2-4-6-9;/h1-6,8-9H,10H2;2-6H,7-8H2,1H3,(H3-2,12,13,14,15);/q-1;-2;+3. The summed E-state index contributed by atoms with van der Waals surface area (Å²) in [5.74, 6) is -0.632. The Hall–Kier alpha value is -2.93. The zero-order valence-electron chi connectivity index (χ0n) is 16.8. The Morgan fingerprint density at radius 2 is 1.80 bits per heavy atom. The van der Waals surface area contributed by atoms with Gasteiger partial charge in [0.2, 0.25) is 0 Å². The maximum absolute atomic E-state index is 9.42. The molecule has 1 heterocycles.